The van der Waals surface area contributed by atoms with E-state index in [1.807, 2.05) is 36.2 Å². The standard InChI is InChI=1S/C11H15BrN2O/c1-8(11(13)15)14(2)7-9-3-5-10(12)6-4-9/h3-6,8H,7H2,1-2H3,(H2,13,15)/t8-/m0/s1. The number of benzene rings is 1. The Balaban J connectivity index is 2.62. The average molecular weight is 271 g/mol. The highest BCUT2D eigenvalue weighted by Gasteiger charge is 2.14. The van der Waals surface area contributed by atoms with Crippen molar-refractivity contribution < 1.29 is 4.79 Å². The lowest BCUT2D eigenvalue weighted by atomic mass is 10.2. The third-order valence-electron chi connectivity index (χ3n) is 2.42. The van der Waals surface area contributed by atoms with Crippen LogP contribution in [0, 0.1) is 0 Å². The summed E-state index contributed by atoms with van der Waals surface area (Å²) in [5.41, 5.74) is 6.39. The summed E-state index contributed by atoms with van der Waals surface area (Å²) < 4.78 is 1.05. The van der Waals surface area contributed by atoms with E-state index in [-0.39, 0.29) is 11.9 Å². The Morgan fingerprint density at radius 2 is 2.00 bits per heavy atom. The predicted octanol–water partition coefficient (Wildman–Crippen LogP) is 1.75. The highest BCUT2D eigenvalue weighted by molar-refractivity contribution is 9.10. The lowest BCUT2D eigenvalue weighted by Crippen LogP contribution is -2.39. The van der Waals surface area contributed by atoms with Crippen molar-refractivity contribution in [1.29, 1.82) is 0 Å². The Kier molecular flexibility index (Phi) is 4.29. The molecule has 1 rings (SSSR count). The predicted molar refractivity (Wildman–Crippen MR) is 64.3 cm³/mol. The first-order valence-electron chi connectivity index (χ1n) is 4.74. The molecule has 0 bridgehead atoms. The number of halogens is 1. The van der Waals surface area contributed by atoms with Gasteiger partial charge in [0.25, 0.3) is 0 Å². The van der Waals surface area contributed by atoms with Crippen molar-refractivity contribution in [3.8, 4) is 0 Å². The smallest absolute Gasteiger partial charge is 0.234 e. The summed E-state index contributed by atoms with van der Waals surface area (Å²) in [6.45, 7) is 2.53. The van der Waals surface area contributed by atoms with Gasteiger partial charge in [-0.25, -0.2) is 0 Å². The molecule has 15 heavy (non-hydrogen) atoms. The normalized spacial score (nSPS) is 12.8. The van der Waals surface area contributed by atoms with Crippen LogP contribution in [0.5, 0.6) is 0 Å². The fraction of sp³-hybridized carbons (Fsp3) is 0.364. The number of carbonyl (C=O) groups is 1. The van der Waals surface area contributed by atoms with Crippen molar-refractivity contribution in [2.75, 3.05) is 7.05 Å². The van der Waals surface area contributed by atoms with Crippen molar-refractivity contribution in [1.82, 2.24) is 4.90 Å². The number of nitrogens with two attached hydrogens (primary N) is 1. The minimum absolute atomic E-state index is 0.242. The van der Waals surface area contributed by atoms with Crippen molar-refractivity contribution >= 4 is 21.8 Å². The minimum atomic E-state index is -0.297. The van der Waals surface area contributed by atoms with Crippen LogP contribution in [-0.4, -0.2) is 23.9 Å². The first-order valence-corrected chi connectivity index (χ1v) is 5.54. The highest BCUT2D eigenvalue weighted by Crippen LogP contribution is 2.12. The Hall–Kier alpha value is -0.870. The molecule has 2 N–H and O–H groups in total. The Morgan fingerprint density at radius 3 is 2.47 bits per heavy atom. The van der Waals surface area contributed by atoms with Crippen LogP contribution in [0.25, 0.3) is 0 Å². The highest BCUT2D eigenvalue weighted by atomic mass is 79.9. The van der Waals surface area contributed by atoms with E-state index in [0.717, 1.165) is 16.6 Å². The molecule has 0 spiro atoms. The molecule has 3 nitrogen and oxygen atoms in total. The Morgan fingerprint density at radius 1 is 1.47 bits per heavy atom. The zero-order valence-corrected chi connectivity index (χ0v) is 10.5. The molecule has 0 aliphatic rings. The average Bonchev–Trinajstić information content (AvgIpc) is 2.20. The van der Waals surface area contributed by atoms with Gasteiger partial charge in [0, 0.05) is 11.0 Å². The van der Waals surface area contributed by atoms with Gasteiger partial charge >= 0.3 is 0 Å². The molecular formula is C11H15BrN2O. The third-order valence-corrected chi connectivity index (χ3v) is 2.95. The lowest BCUT2D eigenvalue weighted by Gasteiger charge is -2.21. The second kappa shape index (κ2) is 5.28. The van der Waals surface area contributed by atoms with E-state index in [2.05, 4.69) is 15.9 Å². The van der Waals surface area contributed by atoms with E-state index < -0.39 is 0 Å². The SMILES string of the molecule is C[C@@H](C(N)=O)N(C)Cc1ccc(Br)cc1. The van der Waals surface area contributed by atoms with Crippen molar-refractivity contribution in [3.63, 3.8) is 0 Å². The number of primary amides is 1. The van der Waals surface area contributed by atoms with E-state index in [1.165, 1.54) is 0 Å². The van der Waals surface area contributed by atoms with Gasteiger partial charge in [0.1, 0.15) is 0 Å². The molecule has 1 aromatic carbocycles. The summed E-state index contributed by atoms with van der Waals surface area (Å²) in [5.74, 6) is -0.297. The number of nitrogens with zero attached hydrogens (tertiary/aromatic N) is 1. The van der Waals surface area contributed by atoms with Gasteiger partial charge in [0.15, 0.2) is 0 Å². The molecule has 0 radical (unpaired) electrons. The largest absolute Gasteiger partial charge is 0.368 e. The van der Waals surface area contributed by atoms with Crippen LogP contribution in [0.1, 0.15) is 12.5 Å². The second-order valence-electron chi connectivity index (χ2n) is 3.62. The molecular weight excluding hydrogens is 256 g/mol. The summed E-state index contributed by atoms with van der Waals surface area (Å²) in [6, 6.07) is 7.77. The van der Waals surface area contributed by atoms with Gasteiger partial charge in [0.05, 0.1) is 6.04 Å². The van der Waals surface area contributed by atoms with E-state index in [1.54, 1.807) is 6.92 Å². The molecule has 0 saturated carbocycles. The first kappa shape index (κ1) is 12.2. The molecule has 0 unspecified atom stereocenters. The fourth-order valence-corrected chi connectivity index (χ4v) is 1.50. The molecule has 0 saturated heterocycles. The molecule has 0 aliphatic carbocycles. The lowest BCUT2D eigenvalue weighted by molar-refractivity contribution is -0.122. The summed E-state index contributed by atoms with van der Waals surface area (Å²) in [4.78, 5) is 12.9. The first-order chi connectivity index (χ1) is 7.00. The molecule has 0 aromatic heterocycles. The molecule has 4 heteroatoms. The number of amides is 1. The molecule has 0 aliphatic heterocycles. The van der Waals surface area contributed by atoms with Gasteiger partial charge in [0.2, 0.25) is 5.91 Å². The monoisotopic (exact) mass is 270 g/mol. The van der Waals surface area contributed by atoms with Crippen LogP contribution in [0.3, 0.4) is 0 Å². The van der Waals surface area contributed by atoms with Crippen LogP contribution < -0.4 is 5.73 Å². The summed E-state index contributed by atoms with van der Waals surface area (Å²) >= 11 is 3.38. The van der Waals surface area contributed by atoms with Crippen LogP contribution in [0.4, 0.5) is 0 Å². The molecule has 0 heterocycles. The third kappa shape index (κ3) is 3.64. The number of rotatable bonds is 4. The molecule has 1 atom stereocenters. The van der Waals surface area contributed by atoms with E-state index >= 15 is 0 Å². The van der Waals surface area contributed by atoms with Crippen LogP contribution in [0.2, 0.25) is 0 Å². The number of carbonyl (C=O) groups excluding carboxylic acids is 1. The summed E-state index contributed by atoms with van der Waals surface area (Å²) in [6.07, 6.45) is 0. The molecule has 1 aromatic rings. The summed E-state index contributed by atoms with van der Waals surface area (Å²) in [5, 5.41) is 0. The van der Waals surface area contributed by atoms with Crippen LogP contribution in [-0.2, 0) is 11.3 Å². The zero-order chi connectivity index (χ0) is 11.4. The molecule has 82 valence electrons. The van der Waals surface area contributed by atoms with E-state index in [4.69, 9.17) is 5.73 Å². The number of hydrogen-bond acceptors (Lipinski definition) is 2. The number of likely N-dealkylation sites (N-methyl/N-ethyl adjacent to an activating group) is 1. The second-order valence-corrected chi connectivity index (χ2v) is 4.54. The van der Waals surface area contributed by atoms with Crippen LogP contribution >= 0.6 is 15.9 Å². The quantitative estimate of drug-likeness (QED) is 0.906. The fourth-order valence-electron chi connectivity index (χ4n) is 1.23. The topological polar surface area (TPSA) is 46.3 Å². The van der Waals surface area contributed by atoms with Crippen LogP contribution in [0.15, 0.2) is 28.7 Å². The van der Waals surface area contributed by atoms with Gasteiger partial charge < -0.3 is 5.73 Å². The van der Waals surface area contributed by atoms with Gasteiger partial charge in [-0.1, -0.05) is 28.1 Å². The maximum Gasteiger partial charge on any atom is 0.234 e. The summed E-state index contributed by atoms with van der Waals surface area (Å²) in [7, 11) is 1.89. The maximum atomic E-state index is 11.0. The van der Waals surface area contributed by atoms with Crippen molar-refractivity contribution in [2.45, 2.75) is 19.5 Å². The van der Waals surface area contributed by atoms with Gasteiger partial charge in [-0.2, -0.15) is 0 Å². The Labute approximate surface area is 98.4 Å². The van der Waals surface area contributed by atoms with Gasteiger partial charge in [-0.15, -0.1) is 0 Å². The number of hydrogen-bond donors (Lipinski definition) is 1. The molecule has 0 fully saturated rings. The van der Waals surface area contributed by atoms with E-state index in [9.17, 15) is 4.79 Å². The zero-order valence-electron chi connectivity index (χ0n) is 8.90. The van der Waals surface area contributed by atoms with Gasteiger partial charge in [-0.05, 0) is 31.7 Å². The molecule has 1 amide bonds. The Bertz CT molecular complexity index is 337. The van der Waals surface area contributed by atoms with E-state index in [0.29, 0.717) is 0 Å². The van der Waals surface area contributed by atoms with Crippen molar-refractivity contribution in [2.24, 2.45) is 5.73 Å². The maximum absolute atomic E-state index is 11.0. The van der Waals surface area contributed by atoms with Crippen molar-refractivity contribution in [3.05, 3.63) is 34.3 Å². The van der Waals surface area contributed by atoms with Gasteiger partial charge in [-0.3, -0.25) is 9.69 Å². The minimum Gasteiger partial charge on any atom is -0.368 e.